The molecular weight excluding hydrogens is 207 g/mol. The molecule has 0 saturated carbocycles. The van der Waals surface area contributed by atoms with Gasteiger partial charge >= 0.3 is 0 Å². The molecule has 0 unspecified atom stereocenters. The first-order valence-corrected chi connectivity index (χ1v) is 4.61. The molecule has 1 fully saturated rings. The Morgan fingerprint density at radius 2 is 1.80 bits per heavy atom. The Bertz CT molecular complexity index is 366. The molecule has 1 aliphatic rings. The quantitative estimate of drug-likeness (QED) is 0.776. The number of ether oxygens (including phenoxy) is 1. The van der Waals surface area contributed by atoms with Crippen LogP contribution in [0, 0.1) is 17.5 Å². The highest BCUT2D eigenvalue weighted by Gasteiger charge is 2.18. The third-order valence-corrected chi connectivity index (χ3v) is 2.31. The summed E-state index contributed by atoms with van der Waals surface area (Å²) in [5.41, 5.74) is 0.126. The van der Waals surface area contributed by atoms with Crippen LogP contribution in [0.4, 0.5) is 13.2 Å². The Hall–Kier alpha value is -1.07. The Kier molecular flexibility index (Phi) is 2.93. The molecule has 0 amide bonds. The van der Waals surface area contributed by atoms with Crippen LogP contribution in [-0.4, -0.2) is 19.3 Å². The third-order valence-electron chi connectivity index (χ3n) is 2.31. The van der Waals surface area contributed by atoms with Gasteiger partial charge in [-0.3, -0.25) is 0 Å². The highest BCUT2D eigenvalue weighted by atomic mass is 19.2. The summed E-state index contributed by atoms with van der Waals surface area (Å²) in [4.78, 5) is 0. The molecular formula is C10H10F3NO. The van der Waals surface area contributed by atoms with E-state index >= 15 is 0 Å². The van der Waals surface area contributed by atoms with Gasteiger partial charge in [0.2, 0.25) is 0 Å². The van der Waals surface area contributed by atoms with Crippen molar-refractivity contribution in [2.24, 2.45) is 0 Å². The molecule has 5 heteroatoms. The van der Waals surface area contributed by atoms with Crippen LogP contribution in [-0.2, 0) is 11.3 Å². The van der Waals surface area contributed by atoms with Crippen LogP contribution in [0.15, 0.2) is 12.1 Å². The number of halogens is 3. The number of nitrogens with one attached hydrogen (secondary N) is 1. The van der Waals surface area contributed by atoms with Crippen LogP contribution < -0.4 is 5.32 Å². The zero-order valence-electron chi connectivity index (χ0n) is 7.90. The van der Waals surface area contributed by atoms with Crippen molar-refractivity contribution in [3.05, 3.63) is 35.1 Å². The lowest BCUT2D eigenvalue weighted by atomic mass is 10.1. The molecule has 1 N–H and O–H groups in total. The van der Waals surface area contributed by atoms with Gasteiger partial charge in [0.1, 0.15) is 5.82 Å². The van der Waals surface area contributed by atoms with E-state index in [0.717, 1.165) is 6.07 Å². The molecule has 1 heterocycles. The molecule has 2 nitrogen and oxygen atoms in total. The first-order valence-electron chi connectivity index (χ1n) is 4.61. The number of benzene rings is 1. The maximum absolute atomic E-state index is 13.1. The molecule has 0 aromatic heterocycles. The molecule has 82 valence electrons. The lowest BCUT2D eigenvalue weighted by molar-refractivity contribution is -0.00589. The monoisotopic (exact) mass is 217 g/mol. The summed E-state index contributed by atoms with van der Waals surface area (Å²) in [5, 5.41) is 2.97. The SMILES string of the molecule is Fc1cc(F)c(CNC2COC2)cc1F. The van der Waals surface area contributed by atoms with Crippen LogP contribution in [0.25, 0.3) is 0 Å². The van der Waals surface area contributed by atoms with E-state index in [9.17, 15) is 13.2 Å². The number of rotatable bonds is 3. The smallest absolute Gasteiger partial charge is 0.161 e. The van der Waals surface area contributed by atoms with Crippen molar-refractivity contribution in [1.82, 2.24) is 5.32 Å². The van der Waals surface area contributed by atoms with Gasteiger partial charge in [-0.25, -0.2) is 13.2 Å². The van der Waals surface area contributed by atoms with Crippen molar-refractivity contribution >= 4 is 0 Å². The van der Waals surface area contributed by atoms with E-state index in [2.05, 4.69) is 5.32 Å². The van der Waals surface area contributed by atoms with Crippen LogP contribution in [0.5, 0.6) is 0 Å². The van der Waals surface area contributed by atoms with E-state index in [1.807, 2.05) is 0 Å². The Balaban J connectivity index is 2.03. The second-order valence-electron chi connectivity index (χ2n) is 3.47. The Labute approximate surface area is 85.0 Å². The van der Waals surface area contributed by atoms with Gasteiger partial charge in [-0.05, 0) is 6.07 Å². The molecule has 1 saturated heterocycles. The molecule has 0 spiro atoms. The van der Waals surface area contributed by atoms with Crippen LogP contribution in [0.3, 0.4) is 0 Å². The van der Waals surface area contributed by atoms with Gasteiger partial charge in [0.15, 0.2) is 11.6 Å². The largest absolute Gasteiger partial charge is 0.378 e. The second kappa shape index (κ2) is 4.20. The molecule has 0 bridgehead atoms. The zero-order chi connectivity index (χ0) is 10.8. The maximum Gasteiger partial charge on any atom is 0.161 e. The van der Waals surface area contributed by atoms with E-state index in [0.29, 0.717) is 19.3 Å². The molecule has 2 rings (SSSR count). The molecule has 15 heavy (non-hydrogen) atoms. The zero-order valence-corrected chi connectivity index (χ0v) is 7.90. The van der Waals surface area contributed by atoms with Crippen molar-refractivity contribution in [3.8, 4) is 0 Å². The van der Waals surface area contributed by atoms with Crippen molar-refractivity contribution < 1.29 is 17.9 Å². The fraction of sp³-hybridized carbons (Fsp3) is 0.400. The average Bonchev–Trinajstić information content (AvgIpc) is 2.11. The van der Waals surface area contributed by atoms with E-state index in [-0.39, 0.29) is 18.2 Å². The Morgan fingerprint density at radius 1 is 1.13 bits per heavy atom. The fourth-order valence-corrected chi connectivity index (χ4v) is 1.31. The highest BCUT2D eigenvalue weighted by molar-refractivity contribution is 5.20. The van der Waals surface area contributed by atoms with Crippen molar-refractivity contribution in [1.29, 1.82) is 0 Å². The van der Waals surface area contributed by atoms with Gasteiger partial charge in [-0.1, -0.05) is 0 Å². The van der Waals surface area contributed by atoms with E-state index in [1.165, 1.54) is 0 Å². The first-order chi connectivity index (χ1) is 7.16. The number of hydrogen-bond acceptors (Lipinski definition) is 2. The van der Waals surface area contributed by atoms with Crippen molar-refractivity contribution in [2.75, 3.05) is 13.2 Å². The summed E-state index contributed by atoms with van der Waals surface area (Å²) >= 11 is 0. The lowest BCUT2D eigenvalue weighted by Gasteiger charge is -2.27. The summed E-state index contributed by atoms with van der Waals surface area (Å²) in [7, 11) is 0. The number of hydrogen-bond donors (Lipinski definition) is 1. The van der Waals surface area contributed by atoms with Gasteiger partial charge in [-0.15, -0.1) is 0 Å². The van der Waals surface area contributed by atoms with E-state index < -0.39 is 17.5 Å². The average molecular weight is 217 g/mol. The van der Waals surface area contributed by atoms with Gasteiger partial charge in [-0.2, -0.15) is 0 Å². The summed E-state index contributed by atoms with van der Waals surface area (Å²) in [6.45, 7) is 1.33. The van der Waals surface area contributed by atoms with Gasteiger partial charge in [0.05, 0.1) is 19.3 Å². The van der Waals surface area contributed by atoms with Crippen molar-refractivity contribution in [2.45, 2.75) is 12.6 Å². The second-order valence-corrected chi connectivity index (χ2v) is 3.47. The predicted octanol–water partition coefficient (Wildman–Crippen LogP) is 1.59. The molecule has 0 aliphatic carbocycles. The summed E-state index contributed by atoms with van der Waals surface area (Å²) in [5.74, 6) is -2.93. The minimum absolute atomic E-state index is 0.126. The molecule has 1 aromatic rings. The summed E-state index contributed by atoms with van der Waals surface area (Å²) in [6, 6.07) is 1.61. The van der Waals surface area contributed by atoms with Crippen LogP contribution in [0.2, 0.25) is 0 Å². The lowest BCUT2D eigenvalue weighted by Crippen LogP contribution is -2.45. The van der Waals surface area contributed by atoms with Gasteiger partial charge in [0, 0.05) is 18.2 Å². The molecule has 0 atom stereocenters. The molecule has 1 aromatic carbocycles. The van der Waals surface area contributed by atoms with Crippen LogP contribution >= 0.6 is 0 Å². The summed E-state index contributed by atoms with van der Waals surface area (Å²) in [6.07, 6.45) is 0. The standard InChI is InChI=1S/C10H10F3NO/c11-8-2-10(13)9(12)1-6(8)3-14-7-4-15-5-7/h1-2,7,14H,3-5H2. The van der Waals surface area contributed by atoms with Crippen LogP contribution in [0.1, 0.15) is 5.56 Å². The Morgan fingerprint density at radius 3 is 2.40 bits per heavy atom. The maximum atomic E-state index is 13.1. The summed E-state index contributed by atoms with van der Waals surface area (Å²) < 4.78 is 43.4. The minimum Gasteiger partial charge on any atom is -0.378 e. The first kappa shape index (κ1) is 10.4. The third kappa shape index (κ3) is 2.30. The van der Waals surface area contributed by atoms with Crippen molar-refractivity contribution in [3.63, 3.8) is 0 Å². The van der Waals surface area contributed by atoms with E-state index in [1.54, 1.807) is 0 Å². The molecule has 0 radical (unpaired) electrons. The highest BCUT2D eigenvalue weighted by Crippen LogP contribution is 2.14. The topological polar surface area (TPSA) is 21.3 Å². The minimum atomic E-state index is -1.16. The fourth-order valence-electron chi connectivity index (χ4n) is 1.31. The van der Waals surface area contributed by atoms with E-state index in [4.69, 9.17) is 4.74 Å². The van der Waals surface area contributed by atoms with Gasteiger partial charge < -0.3 is 10.1 Å². The molecule has 1 aliphatic heterocycles. The predicted molar refractivity (Wildman–Crippen MR) is 47.8 cm³/mol. The normalized spacial score (nSPS) is 16.5. The van der Waals surface area contributed by atoms with Gasteiger partial charge in [0.25, 0.3) is 0 Å².